The largest absolute Gasteiger partial charge is 0.486 e. The molecule has 4 rings (SSSR count). The molecule has 2 aliphatic heterocycles. The van der Waals surface area contributed by atoms with Gasteiger partial charge in [-0.3, -0.25) is 14.4 Å². The van der Waals surface area contributed by atoms with Crippen LogP contribution in [0.15, 0.2) is 36.4 Å². The fourth-order valence-corrected chi connectivity index (χ4v) is 4.29. The van der Waals surface area contributed by atoms with Crippen LogP contribution in [0.4, 0.5) is 0 Å². The molecule has 2 aromatic carbocycles. The molecule has 0 unspecified atom stereocenters. The Morgan fingerprint density at radius 3 is 2.42 bits per heavy atom. The average Bonchev–Trinajstić information content (AvgIpc) is 2.74. The van der Waals surface area contributed by atoms with Crippen molar-refractivity contribution in [2.24, 2.45) is 0 Å². The number of hydrogen-bond acceptors (Lipinski definition) is 4. The summed E-state index contributed by atoms with van der Waals surface area (Å²) in [6.07, 6.45) is 1.50. The van der Waals surface area contributed by atoms with Gasteiger partial charge in [-0.15, -0.1) is 0 Å². The summed E-state index contributed by atoms with van der Waals surface area (Å²) in [5.41, 5.74) is 2.71. The number of nitrogens with one attached hydrogen (secondary N) is 1. The van der Waals surface area contributed by atoms with Gasteiger partial charge in [0.25, 0.3) is 5.91 Å². The van der Waals surface area contributed by atoms with Crippen molar-refractivity contribution in [3.63, 3.8) is 0 Å². The predicted octanol–water partition coefficient (Wildman–Crippen LogP) is 3.71. The molecule has 0 bridgehead atoms. The third-order valence-corrected chi connectivity index (χ3v) is 6.49. The first-order valence-electron chi connectivity index (χ1n) is 10.4. The number of carbonyl (C=O) groups excluding carboxylic acids is 3. The lowest BCUT2D eigenvalue weighted by Gasteiger charge is -2.44. The van der Waals surface area contributed by atoms with E-state index in [-0.39, 0.29) is 24.1 Å². The molecule has 7 heteroatoms. The maximum atomic E-state index is 12.8. The average molecular weight is 441 g/mol. The topological polar surface area (TPSA) is 75.7 Å². The summed E-state index contributed by atoms with van der Waals surface area (Å²) >= 11 is 5.83. The number of hydrogen-bond donors (Lipinski definition) is 1. The van der Waals surface area contributed by atoms with Crippen LogP contribution in [0.5, 0.6) is 5.75 Å². The number of carbonyl (C=O) groups is 3. The van der Waals surface area contributed by atoms with Crippen LogP contribution in [-0.4, -0.2) is 47.7 Å². The molecule has 2 aliphatic rings. The Bertz CT molecular complexity index is 1040. The first kappa shape index (κ1) is 21.4. The molecule has 6 nitrogen and oxygen atoms in total. The summed E-state index contributed by atoms with van der Waals surface area (Å²) in [6, 6.07) is 10.3. The van der Waals surface area contributed by atoms with Gasteiger partial charge in [0.05, 0.1) is 18.5 Å². The lowest BCUT2D eigenvalue weighted by atomic mass is 9.82. The maximum Gasteiger partial charge on any atom is 0.251 e. The van der Waals surface area contributed by atoms with Gasteiger partial charge in [0.1, 0.15) is 11.4 Å². The van der Waals surface area contributed by atoms with Gasteiger partial charge in [0, 0.05) is 36.5 Å². The molecule has 2 heterocycles. The molecular formula is C24H25ClN2O4. The number of nitrogens with zero attached hydrogens (tertiary/aromatic N) is 1. The Morgan fingerprint density at radius 2 is 1.74 bits per heavy atom. The monoisotopic (exact) mass is 440 g/mol. The second-order valence-corrected chi connectivity index (χ2v) is 8.82. The van der Waals surface area contributed by atoms with Crippen molar-refractivity contribution in [1.29, 1.82) is 0 Å². The number of fused-ring (bicyclic) bond motifs is 1. The van der Waals surface area contributed by atoms with Crippen LogP contribution in [0.3, 0.4) is 0 Å². The zero-order valence-corrected chi connectivity index (χ0v) is 18.4. The minimum absolute atomic E-state index is 0.0739. The number of piperidine rings is 1. The minimum atomic E-state index is -0.560. The van der Waals surface area contributed by atoms with E-state index in [4.69, 9.17) is 16.3 Å². The van der Waals surface area contributed by atoms with Crippen molar-refractivity contribution in [3.8, 4) is 5.75 Å². The Labute approximate surface area is 186 Å². The van der Waals surface area contributed by atoms with Crippen molar-refractivity contribution < 1.29 is 19.1 Å². The van der Waals surface area contributed by atoms with Gasteiger partial charge in [-0.1, -0.05) is 11.6 Å². The molecule has 1 fully saturated rings. The second kappa shape index (κ2) is 8.35. The van der Waals surface area contributed by atoms with E-state index in [9.17, 15) is 14.4 Å². The molecule has 0 atom stereocenters. The molecule has 162 valence electrons. The quantitative estimate of drug-likeness (QED) is 0.789. The van der Waals surface area contributed by atoms with Crippen LogP contribution in [0.1, 0.15) is 51.1 Å². The molecule has 1 spiro atoms. The number of benzene rings is 2. The summed E-state index contributed by atoms with van der Waals surface area (Å²) in [6.45, 7) is 4.90. The van der Waals surface area contributed by atoms with Gasteiger partial charge in [-0.2, -0.15) is 0 Å². The second-order valence-electron chi connectivity index (χ2n) is 8.39. The Kier molecular flexibility index (Phi) is 5.75. The third-order valence-electron chi connectivity index (χ3n) is 6.24. The smallest absolute Gasteiger partial charge is 0.251 e. The van der Waals surface area contributed by atoms with Crippen molar-refractivity contribution in [2.75, 3.05) is 19.6 Å². The highest BCUT2D eigenvalue weighted by atomic mass is 35.5. The number of rotatable bonds is 3. The summed E-state index contributed by atoms with van der Waals surface area (Å²) in [7, 11) is 0. The fraction of sp³-hybridized carbons (Fsp3) is 0.375. The van der Waals surface area contributed by atoms with E-state index in [1.165, 1.54) is 0 Å². The summed E-state index contributed by atoms with van der Waals surface area (Å²) in [4.78, 5) is 39.3. The van der Waals surface area contributed by atoms with Gasteiger partial charge < -0.3 is 15.0 Å². The van der Waals surface area contributed by atoms with Crippen LogP contribution in [-0.2, 0) is 4.79 Å². The highest BCUT2D eigenvalue weighted by Crippen LogP contribution is 2.40. The van der Waals surface area contributed by atoms with E-state index in [1.54, 1.807) is 29.2 Å². The minimum Gasteiger partial charge on any atom is -0.486 e. The summed E-state index contributed by atoms with van der Waals surface area (Å²) < 4.78 is 6.32. The first-order valence-corrected chi connectivity index (χ1v) is 10.8. The van der Waals surface area contributed by atoms with Gasteiger partial charge in [0.15, 0.2) is 5.78 Å². The van der Waals surface area contributed by atoms with Gasteiger partial charge in [-0.05, 0) is 61.4 Å². The zero-order valence-electron chi connectivity index (χ0n) is 17.7. The van der Waals surface area contributed by atoms with E-state index < -0.39 is 5.60 Å². The lowest BCUT2D eigenvalue weighted by Crippen LogP contribution is -2.53. The molecule has 0 aromatic heterocycles. The van der Waals surface area contributed by atoms with Crippen molar-refractivity contribution in [2.45, 2.75) is 38.7 Å². The molecule has 2 aromatic rings. The Hall–Kier alpha value is -2.86. The maximum absolute atomic E-state index is 12.8. The van der Waals surface area contributed by atoms with Crippen LogP contribution in [0.25, 0.3) is 0 Å². The van der Waals surface area contributed by atoms with Crippen molar-refractivity contribution >= 4 is 29.2 Å². The molecule has 31 heavy (non-hydrogen) atoms. The molecule has 1 saturated heterocycles. The number of aryl methyl sites for hydroxylation is 2. The number of Topliss-reactive ketones (excluding diaryl/α,β-unsaturated/α-hetero) is 1. The molecule has 0 radical (unpaired) electrons. The Balaban J connectivity index is 1.34. The van der Waals surface area contributed by atoms with Gasteiger partial charge in [-0.25, -0.2) is 0 Å². The lowest BCUT2D eigenvalue weighted by molar-refractivity contribution is -0.133. The molecule has 0 saturated carbocycles. The number of likely N-dealkylation sites (tertiary alicyclic amines) is 1. The normalized spacial score (nSPS) is 17.1. The summed E-state index contributed by atoms with van der Waals surface area (Å²) in [5, 5.41) is 3.21. The molecular weight excluding hydrogens is 416 g/mol. The standard InChI is InChI=1S/C24H25ClN2O4/c1-15-11-19-20(28)13-24(31-21(19)12-16(15)2)7-9-27(10-8-24)22(29)14-26-23(30)17-3-5-18(25)6-4-17/h3-6,11-12H,7-10,13-14H2,1-2H3,(H,26,30). The number of halogens is 1. The van der Waals surface area contributed by atoms with E-state index in [2.05, 4.69) is 5.32 Å². The SMILES string of the molecule is Cc1cc2c(cc1C)C(=O)CC1(CCN(C(=O)CNC(=O)c3ccc(Cl)cc3)CC1)O2. The van der Waals surface area contributed by atoms with Crippen molar-refractivity contribution in [3.05, 3.63) is 63.7 Å². The van der Waals surface area contributed by atoms with Crippen LogP contribution in [0, 0.1) is 13.8 Å². The Morgan fingerprint density at radius 1 is 1.10 bits per heavy atom. The van der Waals surface area contributed by atoms with Crippen LogP contribution >= 0.6 is 11.6 Å². The van der Waals surface area contributed by atoms with E-state index >= 15 is 0 Å². The van der Waals surface area contributed by atoms with Crippen LogP contribution < -0.4 is 10.1 Å². The third kappa shape index (κ3) is 4.44. The number of ketones is 1. The molecule has 0 aliphatic carbocycles. The highest BCUT2D eigenvalue weighted by molar-refractivity contribution is 6.30. The number of amides is 2. The van der Waals surface area contributed by atoms with Gasteiger partial charge in [0.2, 0.25) is 5.91 Å². The molecule has 2 amide bonds. The highest BCUT2D eigenvalue weighted by Gasteiger charge is 2.43. The van der Waals surface area contributed by atoms with E-state index in [0.29, 0.717) is 54.3 Å². The van der Waals surface area contributed by atoms with Crippen molar-refractivity contribution in [1.82, 2.24) is 10.2 Å². The first-order chi connectivity index (χ1) is 14.8. The number of ether oxygens (including phenoxy) is 1. The summed E-state index contributed by atoms with van der Waals surface area (Å²) in [5.74, 6) is 0.279. The van der Waals surface area contributed by atoms with Gasteiger partial charge >= 0.3 is 0 Å². The van der Waals surface area contributed by atoms with Crippen LogP contribution in [0.2, 0.25) is 5.02 Å². The fourth-order valence-electron chi connectivity index (χ4n) is 4.16. The van der Waals surface area contributed by atoms with E-state index in [1.807, 2.05) is 26.0 Å². The van der Waals surface area contributed by atoms with E-state index in [0.717, 1.165) is 11.1 Å². The predicted molar refractivity (Wildman–Crippen MR) is 118 cm³/mol. The zero-order chi connectivity index (χ0) is 22.2. The molecule has 1 N–H and O–H groups in total.